The number of carboxylic acid groups (broad SMARTS) is 1. The largest absolute Gasteiger partial charge is 0.497 e. The Morgan fingerprint density at radius 3 is 2.19 bits per heavy atom. The number of alkyl halides is 1. The lowest BCUT2D eigenvalue weighted by Crippen LogP contribution is -2.30. The monoisotopic (exact) mass is 226 g/mol. The second kappa shape index (κ2) is 4.51. The van der Waals surface area contributed by atoms with E-state index in [1.54, 1.807) is 24.3 Å². The van der Waals surface area contributed by atoms with Gasteiger partial charge in [0.25, 0.3) is 0 Å². The quantitative estimate of drug-likeness (QED) is 0.858. The molecule has 1 atom stereocenters. The van der Waals surface area contributed by atoms with Crippen molar-refractivity contribution >= 4 is 5.97 Å². The molecule has 0 amide bonds. The molecule has 1 aromatic carbocycles. The van der Waals surface area contributed by atoms with E-state index in [0.717, 1.165) is 0 Å². The first kappa shape index (κ1) is 12.5. The first-order chi connectivity index (χ1) is 7.36. The fraction of sp³-hybridized carbons (Fsp3) is 0.417. The number of halogens is 1. The van der Waals surface area contributed by atoms with E-state index in [-0.39, 0.29) is 0 Å². The summed E-state index contributed by atoms with van der Waals surface area (Å²) in [4.78, 5) is 11.0. The number of hydrogen-bond acceptors (Lipinski definition) is 2. The molecular weight excluding hydrogens is 211 g/mol. The van der Waals surface area contributed by atoms with Crippen LogP contribution < -0.4 is 4.74 Å². The van der Waals surface area contributed by atoms with Crippen LogP contribution in [0.3, 0.4) is 0 Å². The third kappa shape index (κ3) is 2.72. The molecule has 16 heavy (non-hydrogen) atoms. The summed E-state index contributed by atoms with van der Waals surface area (Å²) in [5, 5.41) is 9.02. The standard InChI is InChI=1S/C12H15FO3/c1-12(2,13)10(11(14)15)8-4-6-9(16-3)7-5-8/h4-7,10H,1-3H3,(H,14,15). The number of carboxylic acids is 1. The average molecular weight is 226 g/mol. The van der Waals surface area contributed by atoms with Gasteiger partial charge in [0.15, 0.2) is 0 Å². The first-order valence-electron chi connectivity index (χ1n) is 4.92. The van der Waals surface area contributed by atoms with Crippen molar-refractivity contribution in [3.63, 3.8) is 0 Å². The lowest BCUT2D eigenvalue weighted by atomic mass is 9.86. The highest BCUT2D eigenvalue weighted by Gasteiger charge is 2.36. The second-order valence-corrected chi connectivity index (χ2v) is 4.11. The van der Waals surface area contributed by atoms with E-state index in [1.165, 1.54) is 21.0 Å². The average Bonchev–Trinajstić information content (AvgIpc) is 2.16. The predicted molar refractivity (Wildman–Crippen MR) is 58.6 cm³/mol. The Kier molecular flexibility index (Phi) is 3.52. The smallest absolute Gasteiger partial charge is 0.314 e. The number of rotatable bonds is 4. The molecule has 1 rings (SSSR count). The molecule has 0 aromatic heterocycles. The van der Waals surface area contributed by atoms with Crippen LogP contribution in [0, 0.1) is 0 Å². The highest BCUT2D eigenvalue weighted by atomic mass is 19.1. The summed E-state index contributed by atoms with van der Waals surface area (Å²) in [5.74, 6) is -1.72. The van der Waals surface area contributed by atoms with Crippen molar-refractivity contribution in [1.29, 1.82) is 0 Å². The van der Waals surface area contributed by atoms with Crippen molar-refractivity contribution in [1.82, 2.24) is 0 Å². The zero-order valence-electron chi connectivity index (χ0n) is 9.53. The van der Waals surface area contributed by atoms with Gasteiger partial charge in [-0.1, -0.05) is 12.1 Å². The van der Waals surface area contributed by atoms with Gasteiger partial charge in [-0.05, 0) is 31.5 Å². The van der Waals surface area contributed by atoms with Gasteiger partial charge in [-0.25, -0.2) is 4.39 Å². The number of ether oxygens (including phenoxy) is 1. The summed E-state index contributed by atoms with van der Waals surface area (Å²) in [6.07, 6.45) is 0. The first-order valence-corrected chi connectivity index (χ1v) is 4.92. The van der Waals surface area contributed by atoms with Gasteiger partial charge in [-0.2, -0.15) is 0 Å². The van der Waals surface area contributed by atoms with E-state index in [1.807, 2.05) is 0 Å². The molecule has 1 aromatic rings. The Labute approximate surface area is 93.9 Å². The Morgan fingerprint density at radius 1 is 1.38 bits per heavy atom. The van der Waals surface area contributed by atoms with E-state index >= 15 is 0 Å². The molecule has 0 bridgehead atoms. The van der Waals surface area contributed by atoms with Gasteiger partial charge in [-0.3, -0.25) is 4.79 Å². The fourth-order valence-electron chi connectivity index (χ4n) is 1.63. The van der Waals surface area contributed by atoms with Crippen molar-refractivity contribution in [3.8, 4) is 5.75 Å². The SMILES string of the molecule is COc1ccc(C(C(=O)O)C(C)(C)F)cc1. The Balaban J connectivity index is 3.07. The molecule has 1 N–H and O–H groups in total. The van der Waals surface area contributed by atoms with Crippen LogP contribution in [-0.4, -0.2) is 23.9 Å². The van der Waals surface area contributed by atoms with Crippen molar-refractivity contribution in [2.75, 3.05) is 7.11 Å². The highest BCUT2D eigenvalue weighted by Crippen LogP contribution is 2.32. The van der Waals surface area contributed by atoms with Gasteiger partial charge in [0, 0.05) is 0 Å². The van der Waals surface area contributed by atoms with Crippen molar-refractivity contribution < 1.29 is 19.0 Å². The summed E-state index contributed by atoms with van der Waals surface area (Å²) in [7, 11) is 1.52. The lowest BCUT2D eigenvalue weighted by Gasteiger charge is -2.23. The molecule has 0 radical (unpaired) electrons. The lowest BCUT2D eigenvalue weighted by molar-refractivity contribution is -0.142. The van der Waals surface area contributed by atoms with Crippen LogP contribution in [0.5, 0.6) is 5.75 Å². The van der Waals surface area contributed by atoms with Crippen LogP contribution in [0.4, 0.5) is 4.39 Å². The summed E-state index contributed by atoms with van der Waals surface area (Å²) in [5.41, 5.74) is -1.37. The van der Waals surface area contributed by atoms with Gasteiger partial charge in [0.2, 0.25) is 0 Å². The maximum Gasteiger partial charge on any atom is 0.314 e. The van der Waals surface area contributed by atoms with Crippen molar-refractivity contribution in [2.24, 2.45) is 0 Å². The van der Waals surface area contributed by atoms with Gasteiger partial charge in [0.1, 0.15) is 17.3 Å². The summed E-state index contributed by atoms with van der Waals surface area (Å²) in [6.45, 7) is 2.52. The van der Waals surface area contributed by atoms with Crippen LogP contribution in [0.15, 0.2) is 24.3 Å². The molecule has 1 unspecified atom stereocenters. The maximum atomic E-state index is 13.8. The van der Waals surface area contributed by atoms with Gasteiger partial charge < -0.3 is 9.84 Å². The zero-order chi connectivity index (χ0) is 12.3. The zero-order valence-corrected chi connectivity index (χ0v) is 9.53. The normalized spacial score (nSPS) is 13.2. The predicted octanol–water partition coefficient (Wildman–Crippen LogP) is 2.61. The van der Waals surface area contributed by atoms with Gasteiger partial charge in [-0.15, -0.1) is 0 Å². The Hall–Kier alpha value is -1.58. The van der Waals surface area contributed by atoms with Gasteiger partial charge >= 0.3 is 5.97 Å². The molecule has 0 aliphatic rings. The van der Waals surface area contributed by atoms with E-state index in [2.05, 4.69) is 0 Å². The number of hydrogen-bond donors (Lipinski definition) is 1. The minimum absolute atomic E-state index is 0.431. The molecule has 0 heterocycles. The molecular formula is C12H15FO3. The van der Waals surface area contributed by atoms with Crippen LogP contribution in [0.25, 0.3) is 0 Å². The molecule has 88 valence electrons. The van der Waals surface area contributed by atoms with Crippen LogP contribution in [-0.2, 0) is 4.79 Å². The third-order valence-corrected chi connectivity index (χ3v) is 2.38. The molecule has 0 saturated carbocycles. The Morgan fingerprint density at radius 2 is 1.88 bits per heavy atom. The summed E-state index contributed by atoms with van der Waals surface area (Å²) >= 11 is 0. The third-order valence-electron chi connectivity index (χ3n) is 2.38. The molecule has 3 nitrogen and oxygen atoms in total. The molecule has 0 aliphatic heterocycles. The molecule has 0 fully saturated rings. The summed E-state index contributed by atoms with van der Waals surface area (Å²) < 4.78 is 18.7. The number of aliphatic carboxylic acids is 1. The topological polar surface area (TPSA) is 46.5 Å². The highest BCUT2D eigenvalue weighted by molar-refractivity contribution is 5.77. The molecule has 0 spiro atoms. The van der Waals surface area contributed by atoms with E-state index in [9.17, 15) is 9.18 Å². The Bertz CT molecular complexity index is 365. The van der Waals surface area contributed by atoms with Crippen LogP contribution in [0.2, 0.25) is 0 Å². The fourth-order valence-corrected chi connectivity index (χ4v) is 1.63. The van der Waals surface area contributed by atoms with Crippen LogP contribution in [0.1, 0.15) is 25.3 Å². The van der Waals surface area contributed by atoms with Crippen LogP contribution >= 0.6 is 0 Å². The number of carbonyl (C=O) groups is 1. The van der Waals surface area contributed by atoms with E-state index < -0.39 is 17.6 Å². The van der Waals surface area contributed by atoms with Crippen molar-refractivity contribution in [2.45, 2.75) is 25.4 Å². The summed E-state index contributed by atoms with van der Waals surface area (Å²) in [6, 6.07) is 6.38. The minimum Gasteiger partial charge on any atom is -0.497 e. The van der Waals surface area contributed by atoms with Gasteiger partial charge in [0.05, 0.1) is 7.11 Å². The molecule has 0 saturated heterocycles. The van der Waals surface area contributed by atoms with E-state index in [0.29, 0.717) is 11.3 Å². The molecule has 4 heteroatoms. The number of methoxy groups -OCH3 is 1. The molecule has 0 aliphatic carbocycles. The van der Waals surface area contributed by atoms with Crippen molar-refractivity contribution in [3.05, 3.63) is 29.8 Å². The second-order valence-electron chi connectivity index (χ2n) is 4.11. The van der Waals surface area contributed by atoms with E-state index in [4.69, 9.17) is 9.84 Å². The number of benzene rings is 1. The maximum absolute atomic E-state index is 13.8. The minimum atomic E-state index is -1.81.